The van der Waals surface area contributed by atoms with Crippen molar-refractivity contribution >= 4 is 17.2 Å². The summed E-state index contributed by atoms with van der Waals surface area (Å²) in [4.78, 5) is 15.3. The highest BCUT2D eigenvalue weighted by Gasteiger charge is 1.98. The summed E-state index contributed by atoms with van der Waals surface area (Å²) in [6.07, 6.45) is 1.68. The second-order valence-electron chi connectivity index (χ2n) is 1.90. The standard InChI is InChI=1S/C6H8N2O2S/c9-3-6(10)8-2-5-1-7-4-11-5/h1,4,9H,2-3H2,(H,8,10). The van der Waals surface area contributed by atoms with E-state index in [9.17, 15) is 4.79 Å². The molecule has 0 aliphatic carbocycles. The van der Waals surface area contributed by atoms with Crippen LogP contribution >= 0.6 is 11.3 Å². The van der Waals surface area contributed by atoms with Crippen molar-refractivity contribution in [1.82, 2.24) is 10.3 Å². The van der Waals surface area contributed by atoms with E-state index in [4.69, 9.17) is 5.11 Å². The van der Waals surface area contributed by atoms with Crippen molar-refractivity contribution in [2.24, 2.45) is 0 Å². The fraction of sp³-hybridized carbons (Fsp3) is 0.333. The zero-order valence-corrected chi connectivity index (χ0v) is 6.60. The van der Waals surface area contributed by atoms with Crippen molar-refractivity contribution in [2.45, 2.75) is 6.54 Å². The lowest BCUT2D eigenvalue weighted by molar-refractivity contribution is -0.123. The number of nitrogens with zero attached hydrogens (tertiary/aromatic N) is 1. The van der Waals surface area contributed by atoms with Crippen LogP contribution in [0.3, 0.4) is 0 Å². The number of carbonyl (C=O) groups is 1. The lowest BCUT2D eigenvalue weighted by atomic mass is 10.5. The smallest absolute Gasteiger partial charge is 0.246 e. The second-order valence-corrected chi connectivity index (χ2v) is 2.87. The van der Waals surface area contributed by atoms with E-state index in [-0.39, 0.29) is 5.91 Å². The number of thiazole rings is 1. The predicted octanol–water partition coefficient (Wildman–Crippen LogP) is -0.248. The van der Waals surface area contributed by atoms with Gasteiger partial charge in [-0.25, -0.2) is 0 Å². The van der Waals surface area contributed by atoms with Crippen molar-refractivity contribution in [3.63, 3.8) is 0 Å². The molecule has 1 rings (SSSR count). The Labute approximate surface area is 67.9 Å². The van der Waals surface area contributed by atoms with Crippen LogP contribution in [0.15, 0.2) is 11.7 Å². The second kappa shape index (κ2) is 4.05. The van der Waals surface area contributed by atoms with Crippen LogP contribution < -0.4 is 5.32 Å². The Morgan fingerprint density at radius 3 is 3.18 bits per heavy atom. The lowest BCUT2D eigenvalue weighted by Gasteiger charge is -1.97. The number of hydrogen-bond acceptors (Lipinski definition) is 4. The summed E-state index contributed by atoms with van der Waals surface area (Å²) < 4.78 is 0. The molecule has 1 heterocycles. The van der Waals surface area contributed by atoms with Gasteiger partial charge in [0.15, 0.2) is 0 Å². The summed E-state index contributed by atoms with van der Waals surface area (Å²) in [6.45, 7) is -0.0110. The van der Waals surface area contributed by atoms with E-state index in [1.165, 1.54) is 11.3 Å². The Kier molecular flexibility index (Phi) is 3.00. The molecule has 1 aromatic heterocycles. The molecular weight excluding hydrogens is 164 g/mol. The largest absolute Gasteiger partial charge is 0.387 e. The lowest BCUT2D eigenvalue weighted by Crippen LogP contribution is -2.25. The third-order valence-corrected chi connectivity index (χ3v) is 1.87. The Morgan fingerprint density at radius 2 is 2.64 bits per heavy atom. The molecule has 0 aromatic carbocycles. The molecule has 0 radical (unpaired) electrons. The maximum absolute atomic E-state index is 10.5. The summed E-state index contributed by atoms with van der Waals surface area (Å²) in [7, 11) is 0. The number of amides is 1. The molecule has 4 nitrogen and oxygen atoms in total. The molecular formula is C6H8N2O2S. The molecule has 0 fully saturated rings. The van der Waals surface area contributed by atoms with E-state index in [2.05, 4.69) is 10.3 Å². The van der Waals surface area contributed by atoms with Crippen molar-refractivity contribution in [3.8, 4) is 0 Å². The van der Waals surface area contributed by atoms with Gasteiger partial charge in [-0.2, -0.15) is 0 Å². The summed E-state index contributed by atoms with van der Waals surface area (Å²) in [6, 6.07) is 0. The van der Waals surface area contributed by atoms with Crippen molar-refractivity contribution in [3.05, 3.63) is 16.6 Å². The van der Waals surface area contributed by atoms with Crippen LogP contribution in [0.4, 0.5) is 0 Å². The molecule has 1 amide bonds. The number of rotatable bonds is 3. The zero-order chi connectivity index (χ0) is 8.10. The van der Waals surface area contributed by atoms with Gasteiger partial charge in [0, 0.05) is 11.1 Å². The van der Waals surface area contributed by atoms with E-state index < -0.39 is 6.61 Å². The molecule has 0 aliphatic heterocycles. The summed E-state index contributed by atoms with van der Waals surface area (Å²) in [5, 5.41) is 10.9. The topological polar surface area (TPSA) is 62.2 Å². The van der Waals surface area contributed by atoms with Gasteiger partial charge in [0.2, 0.25) is 5.91 Å². The highest BCUT2D eigenvalue weighted by Crippen LogP contribution is 2.03. The number of nitrogens with one attached hydrogen (secondary N) is 1. The SMILES string of the molecule is O=C(CO)NCc1cncs1. The highest BCUT2D eigenvalue weighted by molar-refractivity contribution is 7.09. The molecule has 0 spiro atoms. The normalized spacial score (nSPS) is 9.55. The fourth-order valence-electron chi connectivity index (χ4n) is 0.571. The Morgan fingerprint density at radius 1 is 1.82 bits per heavy atom. The van der Waals surface area contributed by atoms with Crippen LogP contribution in [-0.4, -0.2) is 22.6 Å². The third-order valence-electron chi connectivity index (χ3n) is 1.09. The summed E-state index contributed by atoms with van der Waals surface area (Å²) in [5.41, 5.74) is 1.69. The van der Waals surface area contributed by atoms with E-state index in [0.29, 0.717) is 6.54 Å². The van der Waals surface area contributed by atoms with Crippen LogP contribution in [0.1, 0.15) is 4.88 Å². The van der Waals surface area contributed by atoms with E-state index in [1.807, 2.05) is 0 Å². The van der Waals surface area contributed by atoms with Crippen LogP contribution in [-0.2, 0) is 11.3 Å². The number of hydrogen-bond donors (Lipinski definition) is 2. The number of aliphatic hydroxyl groups excluding tert-OH is 1. The van der Waals surface area contributed by atoms with Crippen LogP contribution in [0.25, 0.3) is 0 Å². The van der Waals surface area contributed by atoms with E-state index >= 15 is 0 Å². The van der Waals surface area contributed by atoms with Gasteiger partial charge < -0.3 is 10.4 Å². The average molecular weight is 172 g/mol. The van der Waals surface area contributed by atoms with Crippen molar-refractivity contribution in [1.29, 1.82) is 0 Å². The van der Waals surface area contributed by atoms with Gasteiger partial charge in [-0.15, -0.1) is 11.3 Å². The van der Waals surface area contributed by atoms with Gasteiger partial charge in [-0.05, 0) is 0 Å². The summed E-state index contributed by atoms with van der Waals surface area (Å²) >= 11 is 1.47. The highest BCUT2D eigenvalue weighted by atomic mass is 32.1. The quantitative estimate of drug-likeness (QED) is 0.661. The fourth-order valence-corrected chi connectivity index (χ4v) is 1.11. The number of carbonyl (C=O) groups excluding carboxylic acids is 1. The molecule has 60 valence electrons. The molecule has 0 bridgehead atoms. The molecule has 2 N–H and O–H groups in total. The average Bonchev–Trinajstić information content (AvgIpc) is 2.52. The monoisotopic (exact) mass is 172 g/mol. The first-order valence-corrected chi connectivity index (χ1v) is 3.96. The van der Waals surface area contributed by atoms with Gasteiger partial charge in [0.25, 0.3) is 0 Å². The number of aliphatic hydroxyl groups is 1. The first-order valence-electron chi connectivity index (χ1n) is 3.08. The minimum Gasteiger partial charge on any atom is -0.387 e. The van der Waals surface area contributed by atoms with Crippen LogP contribution in [0, 0.1) is 0 Å². The Bertz CT molecular complexity index is 222. The van der Waals surface area contributed by atoms with Crippen LogP contribution in [0.5, 0.6) is 0 Å². The van der Waals surface area contributed by atoms with Gasteiger partial charge in [0.1, 0.15) is 6.61 Å². The van der Waals surface area contributed by atoms with Gasteiger partial charge in [-0.3, -0.25) is 9.78 Å². The molecule has 1 aromatic rings. The summed E-state index contributed by atoms with van der Waals surface area (Å²) in [5.74, 6) is -0.363. The maximum Gasteiger partial charge on any atom is 0.246 e. The maximum atomic E-state index is 10.5. The molecule has 5 heteroatoms. The van der Waals surface area contributed by atoms with E-state index in [1.54, 1.807) is 11.7 Å². The van der Waals surface area contributed by atoms with Gasteiger partial charge in [0.05, 0.1) is 12.1 Å². The molecule has 0 saturated carbocycles. The first-order chi connectivity index (χ1) is 5.33. The minimum atomic E-state index is -0.460. The molecule has 11 heavy (non-hydrogen) atoms. The molecule has 0 unspecified atom stereocenters. The van der Waals surface area contributed by atoms with Crippen molar-refractivity contribution < 1.29 is 9.90 Å². The van der Waals surface area contributed by atoms with E-state index in [0.717, 1.165) is 4.88 Å². The molecule has 0 atom stereocenters. The molecule has 0 saturated heterocycles. The van der Waals surface area contributed by atoms with Crippen molar-refractivity contribution in [2.75, 3.05) is 6.61 Å². The number of aromatic nitrogens is 1. The zero-order valence-electron chi connectivity index (χ0n) is 5.78. The third kappa shape index (κ3) is 2.65. The Hall–Kier alpha value is -0.940. The molecule has 0 aliphatic rings. The predicted molar refractivity (Wildman–Crippen MR) is 41.0 cm³/mol. The first kappa shape index (κ1) is 8.16. The Balaban J connectivity index is 2.29. The van der Waals surface area contributed by atoms with Crippen LogP contribution in [0.2, 0.25) is 0 Å². The van der Waals surface area contributed by atoms with Gasteiger partial charge in [-0.1, -0.05) is 0 Å². The van der Waals surface area contributed by atoms with Gasteiger partial charge >= 0.3 is 0 Å². The minimum absolute atomic E-state index is 0.363.